The smallest absolute Gasteiger partial charge is 0.426 e. The first-order valence-corrected chi connectivity index (χ1v) is 7.42. The van der Waals surface area contributed by atoms with Gasteiger partial charge >= 0.3 is 18.3 Å². The molecule has 9 heteroatoms. The summed E-state index contributed by atoms with van der Waals surface area (Å²) in [5, 5.41) is 9.05. The number of ether oxygens (including phenoxy) is 1. The van der Waals surface area contributed by atoms with Gasteiger partial charge in [0.2, 0.25) is 0 Å². The molecule has 0 aromatic carbocycles. The zero-order valence-corrected chi connectivity index (χ0v) is 12.6. The molecule has 1 aliphatic carbocycles. The van der Waals surface area contributed by atoms with Crippen LogP contribution < -0.4 is 0 Å². The molecule has 0 aromatic rings. The third-order valence-electron chi connectivity index (χ3n) is 4.03. The van der Waals surface area contributed by atoms with Gasteiger partial charge in [-0.05, 0) is 25.7 Å². The summed E-state index contributed by atoms with van der Waals surface area (Å²) in [5.41, 5.74) is -4.90. The molecule has 0 aliphatic heterocycles. The number of hydrogen-bond acceptors (Lipinski definition) is 3. The van der Waals surface area contributed by atoms with E-state index in [0.29, 0.717) is 0 Å². The van der Waals surface area contributed by atoms with Crippen LogP contribution in [0.5, 0.6) is 0 Å². The molecule has 0 saturated heterocycles. The van der Waals surface area contributed by atoms with E-state index >= 15 is 0 Å². The molecule has 0 amide bonds. The first-order chi connectivity index (χ1) is 10.4. The van der Waals surface area contributed by atoms with Gasteiger partial charge < -0.3 is 9.84 Å². The van der Waals surface area contributed by atoms with Gasteiger partial charge in [-0.15, -0.1) is 0 Å². The number of carbonyl (C=O) groups is 1. The van der Waals surface area contributed by atoms with Crippen LogP contribution in [-0.2, 0) is 9.53 Å². The van der Waals surface area contributed by atoms with Gasteiger partial charge in [-0.2, -0.15) is 26.3 Å². The zero-order valence-electron chi connectivity index (χ0n) is 12.6. The van der Waals surface area contributed by atoms with E-state index in [-0.39, 0.29) is 12.3 Å². The lowest BCUT2D eigenvalue weighted by molar-refractivity contribution is -0.373. The van der Waals surface area contributed by atoms with Crippen molar-refractivity contribution >= 4 is 5.97 Å². The highest BCUT2D eigenvalue weighted by molar-refractivity contribution is 5.69. The molecule has 23 heavy (non-hydrogen) atoms. The van der Waals surface area contributed by atoms with Crippen LogP contribution in [0.3, 0.4) is 0 Å². The fourth-order valence-electron chi connectivity index (χ4n) is 2.75. The van der Waals surface area contributed by atoms with Gasteiger partial charge in [-0.1, -0.05) is 19.3 Å². The second kappa shape index (κ2) is 7.27. The molecule has 0 aromatic heterocycles. The molecule has 0 spiro atoms. The fourth-order valence-corrected chi connectivity index (χ4v) is 2.75. The second-order valence-electron chi connectivity index (χ2n) is 6.07. The maximum atomic E-state index is 12.6. The Hall–Kier alpha value is -0.990. The molecule has 1 atom stereocenters. The SMILES string of the molecule is CC(CC(O)(C(F)(F)F)C(F)(F)F)OC(=O)CC1CCCCC1. The van der Waals surface area contributed by atoms with Crippen LogP contribution >= 0.6 is 0 Å². The Morgan fingerprint density at radius 1 is 1.09 bits per heavy atom. The Balaban J connectivity index is 2.62. The largest absolute Gasteiger partial charge is 0.463 e. The third kappa shape index (κ3) is 5.26. The highest BCUT2D eigenvalue weighted by atomic mass is 19.4. The minimum Gasteiger partial charge on any atom is -0.463 e. The van der Waals surface area contributed by atoms with Crippen LogP contribution in [0.2, 0.25) is 0 Å². The molecular formula is C14H20F6O3. The van der Waals surface area contributed by atoms with Crippen LogP contribution in [0.15, 0.2) is 0 Å². The summed E-state index contributed by atoms with van der Waals surface area (Å²) in [6.07, 6.45) is -10.8. The topological polar surface area (TPSA) is 46.5 Å². The lowest BCUT2D eigenvalue weighted by atomic mass is 9.87. The Morgan fingerprint density at radius 2 is 1.57 bits per heavy atom. The molecule has 1 unspecified atom stereocenters. The maximum Gasteiger partial charge on any atom is 0.426 e. The summed E-state index contributed by atoms with van der Waals surface area (Å²) in [4.78, 5) is 11.6. The molecule has 0 bridgehead atoms. The summed E-state index contributed by atoms with van der Waals surface area (Å²) in [5.74, 6) is -0.788. The minimum absolute atomic E-state index is 0.0270. The average Bonchev–Trinajstić information content (AvgIpc) is 2.36. The standard InChI is InChI=1S/C14H20F6O3/c1-9(8-12(22,13(15,16)17)14(18,19)20)23-11(21)7-10-5-3-2-4-6-10/h9-10,22H,2-8H2,1H3. The van der Waals surface area contributed by atoms with Gasteiger partial charge in [-0.3, -0.25) is 4.79 Å². The lowest BCUT2D eigenvalue weighted by Crippen LogP contribution is -2.58. The van der Waals surface area contributed by atoms with Crippen molar-refractivity contribution in [2.45, 2.75) is 75.9 Å². The van der Waals surface area contributed by atoms with E-state index in [2.05, 4.69) is 4.74 Å². The predicted octanol–water partition coefficient (Wildman–Crippen LogP) is 4.13. The first-order valence-electron chi connectivity index (χ1n) is 7.42. The molecule has 1 aliphatic rings. The van der Waals surface area contributed by atoms with Crippen LogP contribution in [0.25, 0.3) is 0 Å². The summed E-state index contributed by atoms with van der Waals surface area (Å²) in [6, 6.07) is 0. The van der Waals surface area contributed by atoms with Crippen molar-refractivity contribution in [3.05, 3.63) is 0 Å². The molecule has 1 saturated carbocycles. The second-order valence-corrected chi connectivity index (χ2v) is 6.07. The number of halogens is 6. The van der Waals surface area contributed by atoms with Crippen LogP contribution in [-0.4, -0.2) is 35.1 Å². The van der Waals surface area contributed by atoms with Crippen molar-refractivity contribution in [2.24, 2.45) is 5.92 Å². The van der Waals surface area contributed by atoms with Crippen molar-refractivity contribution in [2.75, 3.05) is 0 Å². The third-order valence-corrected chi connectivity index (χ3v) is 4.03. The van der Waals surface area contributed by atoms with Crippen LogP contribution in [0.1, 0.15) is 51.9 Å². The fraction of sp³-hybridized carbons (Fsp3) is 0.929. The van der Waals surface area contributed by atoms with Crippen molar-refractivity contribution in [3.63, 3.8) is 0 Å². The lowest BCUT2D eigenvalue weighted by Gasteiger charge is -2.34. The first kappa shape index (κ1) is 20.1. The van der Waals surface area contributed by atoms with E-state index in [4.69, 9.17) is 5.11 Å². The predicted molar refractivity (Wildman–Crippen MR) is 68.4 cm³/mol. The van der Waals surface area contributed by atoms with Gasteiger partial charge in [0, 0.05) is 12.8 Å². The van der Waals surface area contributed by atoms with Crippen molar-refractivity contribution in [1.29, 1.82) is 0 Å². The molecule has 0 radical (unpaired) electrons. The summed E-state index contributed by atoms with van der Waals surface area (Å²) >= 11 is 0. The van der Waals surface area contributed by atoms with Gasteiger partial charge in [0.1, 0.15) is 6.10 Å². The van der Waals surface area contributed by atoms with Crippen LogP contribution in [0.4, 0.5) is 26.3 Å². The number of hydrogen-bond donors (Lipinski definition) is 1. The Kier molecular flexibility index (Phi) is 6.34. The molecule has 1 fully saturated rings. The van der Waals surface area contributed by atoms with Gasteiger partial charge in [-0.25, -0.2) is 0 Å². The number of aliphatic hydroxyl groups is 1. The van der Waals surface area contributed by atoms with Gasteiger partial charge in [0.15, 0.2) is 0 Å². The Bertz CT molecular complexity index is 384. The molecule has 0 heterocycles. The molecule has 1 N–H and O–H groups in total. The average molecular weight is 350 g/mol. The molecule has 136 valence electrons. The van der Waals surface area contributed by atoms with Crippen molar-refractivity contribution < 1.29 is 41.0 Å². The van der Waals surface area contributed by atoms with E-state index in [1.165, 1.54) is 0 Å². The number of esters is 1. The normalized spacial score (nSPS) is 19.5. The Morgan fingerprint density at radius 3 is 2.00 bits per heavy atom. The van der Waals surface area contributed by atoms with Gasteiger partial charge in [0.05, 0.1) is 0 Å². The van der Waals surface area contributed by atoms with E-state index in [9.17, 15) is 31.1 Å². The summed E-state index contributed by atoms with van der Waals surface area (Å²) in [6.45, 7) is 0.904. The van der Waals surface area contributed by atoms with E-state index in [0.717, 1.165) is 39.0 Å². The number of carbonyl (C=O) groups excluding carboxylic acids is 1. The summed E-state index contributed by atoms with van der Waals surface area (Å²) in [7, 11) is 0. The Labute approximate surface area is 130 Å². The monoisotopic (exact) mass is 350 g/mol. The van der Waals surface area contributed by atoms with E-state index in [1.807, 2.05) is 0 Å². The van der Waals surface area contributed by atoms with Gasteiger partial charge in [0.25, 0.3) is 5.60 Å². The zero-order chi connectivity index (χ0) is 17.9. The highest BCUT2D eigenvalue weighted by Gasteiger charge is 2.70. The van der Waals surface area contributed by atoms with Crippen molar-refractivity contribution in [3.8, 4) is 0 Å². The molecule has 3 nitrogen and oxygen atoms in total. The minimum atomic E-state index is -5.91. The van der Waals surface area contributed by atoms with Crippen LogP contribution in [0, 0.1) is 5.92 Å². The number of alkyl halides is 6. The maximum absolute atomic E-state index is 12.6. The highest BCUT2D eigenvalue weighted by Crippen LogP contribution is 2.46. The van der Waals surface area contributed by atoms with Crippen molar-refractivity contribution in [1.82, 2.24) is 0 Å². The quantitative estimate of drug-likeness (QED) is 0.599. The van der Waals surface area contributed by atoms with E-state index < -0.39 is 36.4 Å². The van der Waals surface area contributed by atoms with E-state index in [1.54, 1.807) is 0 Å². The number of rotatable bonds is 5. The summed E-state index contributed by atoms with van der Waals surface area (Å²) < 4.78 is 80.0. The molecule has 1 rings (SSSR count). The molecular weight excluding hydrogens is 330 g/mol.